The number of carbonyl (C=O) groups is 1. The van der Waals surface area contributed by atoms with Crippen molar-refractivity contribution in [2.75, 3.05) is 0 Å². The molecule has 0 atom stereocenters. The van der Waals surface area contributed by atoms with Crippen molar-refractivity contribution in [3.63, 3.8) is 0 Å². The topological polar surface area (TPSA) is 17.1 Å². The van der Waals surface area contributed by atoms with Crippen molar-refractivity contribution < 1.29 is 4.79 Å². The van der Waals surface area contributed by atoms with Gasteiger partial charge in [-0.2, -0.15) is 0 Å². The number of hydrogen-bond acceptors (Lipinski definition) is 2. The number of halogens is 1. The molecule has 3 heteroatoms. The van der Waals surface area contributed by atoms with Gasteiger partial charge in [0.25, 0.3) is 0 Å². The second-order valence-electron chi connectivity index (χ2n) is 2.13. The maximum atomic E-state index is 11.1. The van der Waals surface area contributed by atoms with Crippen molar-refractivity contribution in [3.05, 3.63) is 32.9 Å². The highest BCUT2D eigenvalue weighted by molar-refractivity contribution is 9.10. The van der Waals surface area contributed by atoms with Gasteiger partial charge < -0.3 is 0 Å². The average Bonchev–Trinajstić information content (AvgIpc) is 2.32. The summed E-state index contributed by atoms with van der Waals surface area (Å²) >= 11 is 4.77. The largest absolute Gasteiger partial charge is 0.288 e. The summed E-state index contributed by atoms with van der Waals surface area (Å²) in [7, 11) is 0. The van der Waals surface area contributed by atoms with Crippen molar-refractivity contribution >= 4 is 33.0 Å². The molecule has 0 amide bonds. The lowest BCUT2D eigenvalue weighted by molar-refractivity contribution is 0.105. The Labute approximate surface area is 77.9 Å². The molecule has 11 heavy (non-hydrogen) atoms. The molecular formula is C8H7BrOS. The molecule has 0 radical (unpaired) electrons. The monoisotopic (exact) mass is 230 g/mol. The molecule has 1 nitrogen and oxygen atoms in total. The third-order valence-corrected chi connectivity index (χ3v) is 3.71. The van der Waals surface area contributed by atoms with Crippen molar-refractivity contribution in [2.45, 2.75) is 6.92 Å². The van der Waals surface area contributed by atoms with E-state index in [2.05, 4.69) is 22.5 Å². The van der Waals surface area contributed by atoms with Crippen LogP contribution in [0.1, 0.15) is 15.2 Å². The molecule has 0 N–H and O–H groups in total. The number of thiophene rings is 1. The van der Waals surface area contributed by atoms with Gasteiger partial charge in [0.1, 0.15) is 0 Å². The first-order valence-corrected chi connectivity index (χ1v) is 4.74. The second kappa shape index (κ2) is 3.32. The molecule has 0 spiro atoms. The zero-order valence-corrected chi connectivity index (χ0v) is 8.46. The molecule has 1 rings (SSSR count). The zero-order chi connectivity index (χ0) is 8.43. The van der Waals surface area contributed by atoms with Gasteiger partial charge in [-0.05, 0) is 39.9 Å². The van der Waals surface area contributed by atoms with Crippen LogP contribution in [-0.2, 0) is 0 Å². The van der Waals surface area contributed by atoms with Gasteiger partial charge in [-0.3, -0.25) is 4.79 Å². The Hall–Kier alpha value is -0.410. The standard InChI is InChI=1S/C8H7BrOS/c1-3-6(10)8-7(9)5(2)4-11-8/h3-4H,1H2,2H3. The van der Waals surface area contributed by atoms with Crippen LogP contribution < -0.4 is 0 Å². The molecule has 1 heterocycles. The van der Waals surface area contributed by atoms with E-state index in [-0.39, 0.29) is 5.78 Å². The SMILES string of the molecule is C=CC(=O)c1scc(C)c1Br. The fourth-order valence-corrected chi connectivity index (χ4v) is 2.31. The molecule has 0 unspecified atom stereocenters. The summed E-state index contributed by atoms with van der Waals surface area (Å²) in [5.41, 5.74) is 1.10. The van der Waals surface area contributed by atoms with Crippen LogP contribution in [0.25, 0.3) is 0 Å². The van der Waals surface area contributed by atoms with Crippen LogP contribution in [0.15, 0.2) is 22.5 Å². The first kappa shape index (κ1) is 8.68. The van der Waals surface area contributed by atoms with E-state index in [1.165, 1.54) is 17.4 Å². The summed E-state index contributed by atoms with van der Waals surface area (Å²) in [5.74, 6) is -0.0185. The summed E-state index contributed by atoms with van der Waals surface area (Å²) in [6.45, 7) is 5.38. The van der Waals surface area contributed by atoms with E-state index in [0.29, 0.717) is 0 Å². The maximum Gasteiger partial charge on any atom is 0.196 e. The molecule has 1 aromatic rings. The lowest BCUT2D eigenvalue weighted by atomic mass is 10.3. The van der Waals surface area contributed by atoms with Crippen LogP contribution in [0.2, 0.25) is 0 Å². The second-order valence-corrected chi connectivity index (χ2v) is 3.80. The van der Waals surface area contributed by atoms with E-state index in [0.717, 1.165) is 14.9 Å². The van der Waals surface area contributed by atoms with Crippen molar-refractivity contribution in [1.82, 2.24) is 0 Å². The Morgan fingerprint density at radius 1 is 1.82 bits per heavy atom. The van der Waals surface area contributed by atoms with Gasteiger partial charge in [-0.15, -0.1) is 11.3 Å². The van der Waals surface area contributed by atoms with Gasteiger partial charge in [0.15, 0.2) is 5.78 Å². The number of rotatable bonds is 2. The summed E-state index contributed by atoms with van der Waals surface area (Å²) < 4.78 is 0.896. The summed E-state index contributed by atoms with van der Waals surface area (Å²) in [5, 5.41) is 1.95. The van der Waals surface area contributed by atoms with Gasteiger partial charge >= 0.3 is 0 Å². The lowest BCUT2D eigenvalue weighted by Crippen LogP contribution is -1.89. The van der Waals surface area contributed by atoms with Crippen LogP contribution in [0, 0.1) is 6.92 Å². The molecule has 0 bridgehead atoms. The highest BCUT2D eigenvalue weighted by Gasteiger charge is 2.10. The number of allylic oxidation sites excluding steroid dienone is 1. The van der Waals surface area contributed by atoms with E-state index in [1.807, 2.05) is 12.3 Å². The van der Waals surface area contributed by atoms with Crippen molar-refractivity contribution in [1.29, 1.82) is 0 Å². The highest BCUT2D eigenvalue weighted by Crippen LogP contribution is 2.27. The van der Waals surface area contributed by atoms with Gasteiger partial charge in [0.2, 0.25) is 0 Å². The highest BCUT2D eigenvalue weighted by atomic mass is 79.9. The molecule has 58 valence electrons. The van der Waals surface area contributed by atoms with Crippen LogP contribution >= 0.6 is 27.3 Å². The maximum absolute atomic E-state index is 11.1. The first-order valence-electron chi connectivity index (χ1n) is 3.07. The van der Waals surface area contributed by atoms with Crippen LogP contribution in [0.5, 0.6) is 0 Å². The van der Waals surface area contributed by atoms with Gasteiger partial charge in [0, 0.05) is 4.47 Å². The summed E-state index contributed by atoms with van der Waals surface area (Å²) in [4.78, 5) is 11.8. The Morgan fingerprint density at radius 3 is 2.82 bits per heavy atom. The summed E-state index contributed by atoms with van der Waals surface area (Å²) in [6, 6.07) is 0. The minimum atomic E-state index is -0.0185. The zero-order valence-electron chi connectivity index (χ0n) is 6.06. The number of aryl methyl sites for hydroxylation is 1. The van der Waals surface area contributed by atoms with Crippen LogP contribution in [0.4, 0.5) is 0 Å². The fraction of sp³-hybridized carbons (Fsp3) is 0.125. The molecule has 0 aliphatic carbocycles. The number of ketones is 1. The van der Waals surface area contributed by atoms with E-state index >= 15 is 0 Å². The van der Waals surface area contributed by atoms with E-state index in [1.54, 1.807) is 0 Å². The van der Waals surface area contributed by atoms with Gasteiger partial charge in [-0.25, -0.2) is 0 Å². The molecule has 0 fully saturated rings. The molecule has 0 aliphatic heterocycles. The predicted molar refractivity (Wildman–Crippen MR) is 51.3 cm³/mol. The van der Waals surface area contributed by atoms with Gasteiger partial charge in [0.05, 0.1) is 4.88 Å². The lowest BCUT2D eigenvalue weighted by Gasteiger charge is -1.90. The molecule has 0 aromatic carbocycles. The number of carbonyl (C=O) groups excluding carboxylic acids is 1. The van der Waals surface area contributed by atoms with Crippen LogP contribution in [-0.4, -0.2) is 5.78 Å². The Bertz CT molecular complexity index is 301. The Kier molecular flexibility index (Phi) is 2.62. The molecule has 0 aliphatic rings. The third kappa shape index (κ3) is 1.60. The van der Waals surface area contributed by atoms with Gasteiger partial charge in [-0.1, -0.05) is 6.58 Å². The molecule has 0 saturated heterocycles. The smallest absolute Gasteiger partial charge is 0.196 e. The van der Waals surface area contributed by atoms with E-state index in [9.17, 15) is 4.79 Å². The van der Waals surface area contributed by atoms with E-state index < -0.39 is 0 Å². The molecule has 0 saturated carbocycles. The normalized spacial score (nSPS) is 9.64. The quantitative estimate of drug-likeness (QED) is 0.564. The van der Waals surface area contributed by atoms with Crippen LogP contribution in [0.3, 0.4) is 0 Å². The predicted octanol–water partition coefficient (Wildman–Crippen LogP) is 3.19. The number of hydrogen-bond donors (Lipinski definition) is 0. The summed E-state index contributed by atoms with van der Waals surface area (Å²) in [6.07, 6.45) is 1.33. The van der Waals surface area contributed by atoms with Crippen molar-refractivity contribution in [2.24, 2.45) is 0 Å². The molecular weight excluding hydrogens is 224 g/mol. The average molecular weight is 231 g/mol. The molecule has 1 aromatic heterocycles. The fourth-order valence-electron chi connectivity index (χ4n) is 0.689. The third-order valence-electron chi connectivity index (χ3n) is 1.31. The van der Waals surface area contributed by atoms with Crippen molar-refractivity contribution in [3.8, 4) is 0 Å². The van der Waals surface area contributed by atoms with E-state index in [4.69, 9.17) is 0 Å². The first-order chi connectivity index (χ1) is 5.16. The minimum absolute atomic E-state index is 0.0185. The minimum Gasteiger partial charge on any atom is -0.288 e. The Morgan fingerprint density at radius 2 is 2.45 bits per heavy atom. The Balaban J connectivity index is 3.14.